The number of halogens is 1. The van der Waals surface area contributed by atoms with Crippen LogP contribution >= 0.6 is 22.9 Å². The molecule has 3 nitrogen and oxygen atoms in total. The minimum absolute atomic E-state index is 0.170. The van der Waals surface area contributed by atoms with Crippen molar-refractivity contribution < 1.29 is 0 Å². The van der Waals surface area contributed by atoms with E-state index >= 15 is 0 Å². The molecule has 0 spiro atoms. The summed E-state index contributed by atoms with van der Waals surface area (Å²) < 4.78 is 0. The van der Waals surface area contributed by atoms with E-state index < -0.39 is 0 Å². The number of nitrogens with one attached hydrogen (secondary N) is 1. The molecule has 0 aliphatic rings. The van der Waals surface area contributed by atoms with Crippen molar-refractivity contribution in [1.82, 2.24) is 15.5 Å². The molecule has 0 saturated carbocycles. The van der Waals surface area contributed by atoms with Crippen molar-refractivity contribution >= 4 is 22.9 Å². The highest BCUT2D eigenvalue weighted by atomic mass is 35.5. The molecule has 0 aliphatic carbocycles. The topological polar surface area (TPSA) is 37.8 Å². The zero-order chi connectivity index (χ0) is 14.6. The fourth-order valence-electron chi connectivity index (χ4n) is 1.80. The maximum Gasteiger partial charge on any atom is 0.149 e. The number of nitrogens with zero attached hydrogens (tertiary/aromatic N) is 2. The first-order valence-electron chi connectivity index (χ1n) is 6.78. The van der Waals surface area contributed by atoms with Crippen LogP contribution in [0, 0.1) is 0 Å². The highest BCUT2D eigenvalue weighted by Crippen LogP contribution is 2.30. The fourth-order valence-corrected chi connectivity index (χ4v) is 3.00. The van der Waals surface area contributed by atoms with Crippen LogP contribution in [0.1, 0.15) is 32.2 Å². The second kappa shape index (κ2) is 6.66. The third-order valence-electron chi connectivity index (χ3n) is 2.79. The quantitative estimate of drug-likeness (QED) is 0.842. The van der Waals surface area contributed by atoms with Crippen LogP contribution in [0.15, 0.2) is 24.3 Å². The Labute approximate surface area is 129 Å². The van der Waals surface area contributed by atoms with Crippen LogP contribution in [0.25, 0.3) is 10.6 Å². The Hall–Kier alpha value is -0.970. The molecule has 1 heterocycles. The largest absolute Gasteiger partial charge is 0.312 e. The van der Waals surface area contributed by atoms with E-state index in [0.29, 0.717) is 0 Å². The van der Waals surface area contributed by atoms with Gasteiger partial charge in [-0.3, -0.25) is 0 Å². The summed E-state index contributed by atoms with van der Waals surface area (Å²) in [4.78, 5) is 0. The van der Waals surface area contributed by atoms with Gasteiger partial charge in [0.25, 0.3) is 0 Å². The van der Waals surface area contributed by atoms with E-state index in [2.05, 4.69) is 36.3 Å². The SMILES string of the molecule is CC(C)(C)NCCCc1nnc(-c2ccccc2Cl)s1. The summed E-state index contributed by atoms with van der Waals surface area (Å²) in [6.45, 7) is 7.51. The summed E-state index contributed by atoms with van der Waals surface area (Å²) in [7, 11) is 0. The molecule has 2 rings (SSSR count). The zero-order valence-electron chi connectivity index (χ0n) is 12.1. The smallest absolute Gasteiger partial charge is 0.149 e. The molecular formula is C15H20ClN3S. The van der Waals surface area contributed by atoms with Gasteiger partial charge in [0.05, 0.1) is 5.02 Å². The highest BCUT2D eigenvalue weighted by Gasteiger charge is 2.10. The van der Waals surface area contributed by atoms with Crippen molar-refractivity contribution in [2.45, 2.75) is 39.2 Å². The lowest BCUT2D eigenvalue weighted by Crippen LogP contribution is -2.36. The first kappa shape index (κ1) is 15.4. The van der Waals surface area contributed by atoms with Gasteiger partial charge in [-0.2, -0.15) is 0 Å². The summed E-state index contributed by atoms with van der Waals surface area (Å²) in [5.41, 5.74) is 1.13. The van der Waals surface area contributed by atoms with Crippen molar-refractivity contribution in [2.75, 3.05) is 6.54 Å². The van der Waals surface area contributed by atoms with Gasteiger partial charge in [-0.1, -0.05) is 41.1 Å². The maximum atomic E-state index is 6.17. The molecule has 0 radical (unpaired) electrons. The van der Waals surface area contributed by atoms with E-state index in [1.54, 1.807) is 11.3 Å². The molecule has 1 N–H and O–H groups in total. The molecular weight excluding hydrogens is 290 g/mol. The van der Waals surface area contributed by atoms with E-state index in [0.717, 1.165) is 40.0 Å². The molecule has 0 fully saturated rings. The number of rotatable bonds is 5. The Morgan fingerprint density at radius 1 is 1.20 bits per heavy atom. The Morgan fingerprint density at radius 3 is 2.65 bits per heavy atom. The van der Waals surface area contributed by atoms with E-state index in [4.69, 9.17) is 11.6 Å². The highest BCUT2D eigenvalue weighted by molar-refractivity contribution is 7.14. The van der Waals surface area contributed by atoms with Crippen molar-refractivity contribution in [1.29, 1.82) is 0 Å². The van der Waals surface area contributed by atoms with Crippen LogP contribution in [-0.4, -0.2) is 22.3 Å². The van der Waals surface area contributed by atoms with E-state index in [9.17, 15) is 0 Å². The number of aryl methyl sites for hydroxylation is 1. The third-order valence-corrected chi connectivity index (χ3v) is 4.14. The molecule has 0 amide bonds. The average molecular weight is 310 g/mol. The van der Waals surface area contributed by atoms with Gasteiger partial charge in [-0.15, -0.1) is 10.2 Å². The molecule has 0 saturated heterocycles. The summed E-state index contributed by atoms with van der Waals surface area (Å²) in [5, 5.41) is 14.7. The standard InChI is InChI=1S/C15H20ClN3S/c1-15(2,3)17-10-6-9-13-18-19-14(20-13)11-7-4-5-8-12(11)16/h4-5,7-8,17H,6,9-10H2,1-3H3. The third kappa shape index (κ3) is 4.54. The molecule has 0 bridgehead atoms. The Bertz CT molecular complexity index is 560. The Morgan fingerprint density at radius 2 is 1.95 bits per heavy atom. The van der Waals surface area contributed by atoms with E-state index in [-0.39, 0.29) is 5.54 Å². The number of hydrogen-bond acceptors (Lipinski definition) is 4. The normalized spacial score (nSPS) is 11.8. The fraction of sp³-hybridized carbons (Fsp3) is 0.467. The Kier molecular flexibility index (Phi) is 5.13. The monoisotopic (exact) mass is 309 g/mol. The lowest BCUT2D eigenvalue weighted by molar-refractivity contribution is 0.422. The van der Waals surface area contributed by atoms with E-state index in [1.165, 1.54) is 0 Å². The van der Waals surface area contributed by atoms with Crippen molar-refractivity contribution in [3.05, 3.63) is 34.3 Å². The van der Waals surface area contributed by atoms with Crippen molar-refractivity contribution in [3.63, 3.8) is 0 Å². The van der Waals surface area contributed by atoms with Gasteiger partial charge < -0.3 is 5.32 Å². The molecule has 0 atom stereocenters. The summed E-state index contributed by atoms with van der Waals surface area (Å²) in [6.07, 6.45) is 2.01. The van der Waals surface area contributed by atoms with Gasteiger partial charge >= 0.3 is 0 Å². The van der Waals surface area contributed by atoms with Gasteiger partial charge in [-0.25, -0.2) is 0 Å². The maximum absolute atomic E-state index is 6.17. The van der Waals surface area contributed by atoms with Gasteiger partial charge in [0.15, 0.2) is 0 Å². The zero-order valence-corrected chi connectivity index (χ0v) is 13.7. The molecule has 0 aliphatic heterocycles. The van der Waals surface area contributed by atoms with Gasteiger partial charge in [0, 0.05) is 17.5 Å². The minimum atomic E-state index is 0.170. The van der Waals surface area contributed by atoms with Crippen LogP contribution in [0.2, 0.25) is 5.02 Å². The lowest BCUT2D eigenvalue weighted by Gasteiger charge is -2.20. The minimum Gasteiger partial charge on any atom is -0.312 e. The summed E-state index contributed by atoms with van der Waals surface area (Å²) in [5.74, 6) is 0. The Balaban J connectivity index is 1.92. The number of benzene rings is 1. The second-order valence-electron chi connectivity index (χ2n) is 5.76. The van der Waals surface area contributed by atoms with E-state index in [1.807, 2.05) is 24.3 Å². The van der Waals surface area contributed by atoms with Crippen molar-refractivity contribution in [3.8, 4) is 10.6 Å². The summed E-state index contributed by atoms with van der Waals surface area (Å²) in [6, 6.07) is 7.75. The predicted molar refractivity (Wildman–Crippen MR) is 86.4 cm³/mol. The molecule has 5 heteroatoms. The number of hydrogen-bond donors (Lipinski definition) is 1. The molecule has 2 aromatic rings. The first-order chi connectivity index (χ1) is 9.46. The molecule has 1 aromatic carbocycles. The number of aromatic nitrogens is 2. The van der Waals surface area contributed by atoms with Crippen LogP contribution < -0.4 is 5.32 Å². The van der Waals surface area contributed by atoms with Crippen LogP contribution in [-0.2, 0) is 6.42 Å². The van der Waals surface area contributed by atoms with Gasteiger partial charge in [0.1, 0.15) is 10.0 Å². The predicted octanol–water partition coefficient (Wildman–Crippen LogP) is 4.18. The van der Waals surface area contributed by atoms with Gasteiger partial charge in [0.2, 0.25) is 0 Å². The molecule has 20 heavy (non-hydrogen) atoms. The molecule has 0 unspecified atom stereocenters. The van der Waals surface area contributed by atoms with Crippen LogP contribution in [0.4, 0.5) is 0 Å². The second-order valence-corrected chi connectivity index (χ2v) is 7.23. The van der Waals surface area contributed by atoms with Crippen molar-refractivity contribution in [2.24, 2.45) is 0 Å². The lowest BCUT2D eigenvalue weighted by atomic mass is 10.1. The summed E-state index contributed by atoms with van der Waals surface area (Å²) >= 11 is 7.80. The van der Waals surface area contributed by atoms with Crippen LogP contribution in [0.3, 0.4) is 0 Å². The molecule has 1 aromatic heterocycles. The van der Waals surface area contributed by atoms with Gasteiger partial charge in [-0.05, 0) is 39.8 Å². The first-order valence-corrected chi connectivity index (χ1v) is 7.97. The average Bonchev–Trinajstić information content (AvgIpc) is 2.83. The van der Waals surface area contributed by atoms with Crippen LogP contribution in [0.5, 0.6) is 0 Å². The molecule has 108 valence electrons.